The summed E-state index contributed by atoms with van der Waals surface area (Å²) in [5.41, 5.74) is 5.27. The van der Waals surface area contributed by atoms with Crippen molar-refractivity contribution < 1.29 is 13.2 Å². The Labute approximate surface area is 91.4 Å². The lowest BCUT2D eigenvalue weighted by Gasteiger charge is -2.05. The monoisotopic (exact) mass is 249 g/mol. The first kappa shape index (κ1) is 11.8. The molecule has 0 radical (unpaired) electrons. The molecule has 1 aromatic carbocycles. The van der Waals surface area contributed by atoms with Crippen molar-refractivity contribution in [1.82, 2.24) is 0 Å². The maximum atomic E-state index is 10.8. The average Bonchev–Trinajstić information content (AvgIpc) is 1.99. The zero-order valence-electron chi connectivity index (χ0n) is 7.40. The number of benzene rings is 1. The van der Waals surface area contributed by atoms with E-state index in [1.165, 1.54) is 18.2 Å². The molecule has 1 aromatic rings. The Balaban J connectivity index is 3.07. The van der Waals surface area contributed by atoms with E-state index >= 15 is 0 Å². The molecule has 0 bridgehead atoms. The van der Waals surface area contributed by atoms with Crippen molar-refractivity contribution in [3.8, 4) is 0 Å². The lowest BCUT2D eigenvalue weighted by molar-refractivity contribution is 0.100. The fourth-order valence-electron chi connectivity index (χ4n) is 0.943. The summed E-state index contributed by atoms with van der Waals surface area (Å²) in [5.74, 6) is -0.692. The van der Waals surface area contributed by atoms with E-state index in [2.05, 4.69) is 0 Å². The molecule has 0 saturated carbocycles. The molecule has 0 aliphatic rings. The van der Waals surface area contributed by atoms with Gasteiger partial charge in [0.2, 0.25) is 5.91 Å². The highest BCUT2D eigenvalue weighted by Gasteiger charge is 2.08. The maximum Gasteiger partial charge on any atom is 0.296 e. The smallest absolute Gasteiger partial charge is 0.296 e. The second-order valence-corrected chi connectivity index (χ2v) is 4.41. The van der Waals surface area contributed by atoms with Crippen LogP contribution in [0.1, 0.15) is 10.4 Å². The van der Waals surface area contributed by atoms with Crippen molar-refractivity contribution >= 4 is 33.4 Å². The van der Waals surface area contributed by atoms with Crippen molar-refractivity contribution in [3.63, 3.8) is 0 Å². The zero-order chi connectivity index (χ0) is 11.6. The lowest BCUT2D eigenvalue weighted by Crippen LogP contribution is -2.21. The number of amides is 1. The molecule has 0 fully saturated rings. The number of halogens is 1. The van der Waals surface area contributed by atoms with Crippen LogP contribution in [0.4, 0.5) is 5.69 Å². The van der Waals surface area contributed by atoms with Crippen molar-refractivity contribution in [2.45, 2.75) is 0 Å². The van der Waals surface area contributed by atoms with Crippen LogP contribution < -0.4 is 15.6 Å². The lowest BCUT2D eigenvalue weighted by atomic mass is 10.2. The minimum atomic E-state index is -3.85. The van der Waals surface area contributed by atoms with Crippen LogP contribution in [-0.4, -0.2) is 14.3 Å². The van der Waals surface area contributed by atoms with E-state index in [0.29, 0.717) is 0 Å². The number of primary amides is 1. The summed E-state index contributed by atoms with van der Waals surface area (Å²) < 4.78 is 23.3. The fraction of sp³-hybridized carbons (Fsp3) is 0. The van der Waals surface area contributed by atoms with Crippen LogP contribution in [0.15, 0.2) is 18.2 Å². The van der Waals surface area contributed by atoms with Crippen molar-refractivity contribution in [1.29, 1.82) is 0 Å². The normalized spacial score (nSPS) is 11.1. The van der Waals surface area contributed by atoms with E-state index in [4.69, 9.17) is 22.5 Å². The summed E-state index contributed by atoms with van der Waals surface area (Å²) in [7, 11) is -3.85. The highest BCUT2D eigenvalue weighted by molar-refractivity contribution is 7.90. The Morgan fingerprint density at radius 2 is 2.00 bits per heavy atom. The second-order valence-electron chi connectivity index (χ2n) is 2.71. The predicted octanol–water partition coefficient (Wildman–Crippen LogP) is 0.0543. The average molecular weight is 250 g/mol. The number of hydrogen-bond acceptors (Lipinski definition) is 3. The number of rotatable bonds is 3. The van der Waals surface area contributed by atoms with Gasteiger partial charge in [-0.1, -0.05) is 11.6 Å². The molecule has 0 saturated heterocycles. The maximum absolute atomic E-state index is 10.8. The number of anilines is 1. The number of hydrogen-bond donors (Lipinski definition) is 3. The molecule has 0 aliphatic carbocycles. The third-order valence-corrected chi connectivity index (χ3v) is 2.33. The number of nitrogens with two attached hydrogens (primary N) is 2. The topological polar surface area (TPSA) is 115 Å². The standard InChI is InChI=1S/C7H8ClN3O3S/c8-6-3-4(11-15(10,13)14)1-2-5(6)7(9)12/h1-3,11H,(H2,9,12)(H2,10,13,14). The zero-order valence-corrected chi connectivity index (χ0v) is 8.97. The molecule has 82 valence electrons. The van der Waals surface area contributed by atoms with Crippen LogP contribution in [0, 0.1) is 0 Å². The van der Waals surface area contributed by atoms with Gasteiger partial charge < -0.3 is 5.73 Å². The molecule has 0 spiro atoms. The largest absolute Gasteiger partial charge is 0.366 e. The molecule has 1 rings (SSSR count). The van der Waals surface area contributed by atoms with Crippen molar-refractivity contribution in [2.75, 3.05) is 4.72 Å². The molecule has 1 amide bonds. The van der Waals surface area contributed by atoms with Crippen LogP contribution in [0.2, 0.25) is 5.02 Å². The molecule has 0 aliphatic heterocycles. The minimum absolute atomic E-state index is 0.0520. The first-order valence-corrected chi connectivity index (χ1v) is 5.62. The molecule has 0 atom stereocenters. The molecular formula is C7H8ClN3O3S. The van der Waals surface area contributed by atoms with Gasteiger partial charge in [-0.25, -0.2) is 5.14 Å². The van der Waals surface area contributed by atoms with Crippen LogP contribution in [0.5, 0.6) is 0 Å². The summed E-state index contributed by atoms with van der Waals surface area (Å²) in [6.45, 7) is 0. The van der Waals surface area contributed by atoms with E-state index in [9.17, 15) is 13.2 Å². The summed E-state index contributed by atoms with van der Waals surface area (Å²) in [6, 6.07) is 3.88. The third-order valence-electron chi connectivity index (χ3n) is 1.49. The van der Waals surface area contributed by atoms with E-state index < -0.39 is 16.1 Å². The van der Waals surface area contributed by atoms with Gasteiger partial charge in [-0.3, -0.25) is 9.52 Å². The molecule has 6 nitrogen and oxygen atoms in total. The number of carbonyl (C=O) groups excluding carboxylic acids is 1. The SMILES string of the molecule is NC(=O)c1ccc(NS(N)(=O)=O)cc1Cl. The van der Waals surface area contributed by atoms with E-state index in [0.717, 1.165) is 0 Å². The quantitative estimate of drug-likeness (QED) is 0.703. The van der Waals surface area contributed by atoms with Gasteiger partial charge in [-0.15, -0.1) is 0 Å². The summed E-state index contributed by atoms with van der Waals surface area (Å²) in [5, 5.41) is 4.79. The van der Waals surface area contributed by atoms with Crippen molar-refractivity contribution in [3.05, 3.63) is 28.8 Å². The molecule has 5 N–H and O–H groups in total. The van der Waals surface area contributed by atoms with E-state index in [1.807, 2.05) is 4.72 Å². The molecule has 0 unspecified atom stereocenters. The number of carbonyl (C=O) groups is 1. The Kier molecular flexibility index (Phi) is 3.18. The summed E-state index contributed by atoms with van der Waals surface area (Å²) >= 11 is 5.68. The van der Waals surface area contributed by atoms with Gasteiger partial charge in [0.25, 0.3) is 10.2 Å². The second kappa shape index (κ2) is 4.05. The molecule has 0 aromatic heterocycles. The molecule has 8 heteroatoms. The van der Waals surface area contributed by atoms with Gasteiger partial charge in [0.15, 0.2) is 0 Å². The van der Waals surface area contributed by atoms with Crippen LogP contribution >= 0.6 is 11.6 Å². The van der Waals surface area contributed by atoms with Gasteiger partial charge in [-0.2, -0.15) is 8.42 Å². The highest BCUT2D eigenvalue weighted by Crippen LogP contribution is 2.20. The fourth-order valence-corrected chi connectivity index (χ4v) is 1.67. The van der Waals surface area contributed by atoms with Crippen LogP contribution in [0.3, 0.4) is 0 Å². The summed E-state index contributed by atoms with van der Waals surface area (Å²) in [4.78, 5) is 10.8. The van der Waals surface area contributed by atoms with E-state index in [-0.39, 0.29) is 16.3 Å². The number of nitrogens with one attached hydrogen (secondary N) is 1. The first-order chi connectivity index (χ1) is 6.79. The summed E-state index contributed by atoms with van der Waals surface area (Å²) in [6.07, 6.45) is 0. The van der Waals surface area contributed by atoms with Gasteiger partial charge in [0.1, 0.15) is 0 Å². The third kappa shape index (κ3) is 3.39. The Bertz CT molecular complexity index is 500. The predicted molar refractivity (Wildman–Crippen MR) is 56.7 cm³/mol. The molecule has 15 heavy (non-hydrogen) atoms. The Hall–Kier alpha value is -1.31. The van der Waals surface area contributed by atoms with Gasteiger partial charge >= 0.3 is 0 Å². The molecular weight excluding hydrogens is 242 g/mol. The first-order valence-electron chi connectivity index (χ1n) is 3.69. The van der Waals surface area contributed by atoms with Gasteiger partial charge in [0.05, 0.1) is 16.3 Å². The Morgan fingerprint density at radius 3 is 2.40 bits per heavy atom. The minimum Gasteiger partial charge on any atom is -0.366 e. The Morgan fingerprint density at radius 1 is 1.40 bits per heavy atom. The van der Waals surface area contributed by atoms with Gasteiger partial charge in [0, 0.05) is 0 Å². The van der Waals surface area contributed by atoms with Crippen LogP contribution in [-0.2, 0) is 10.2 Å². The van der Waals surface area contributed by atoms with Gasteiger partial charge in [-0.05, 0) is 18.2 Å². The van der Waals surface area contributed by atoms with Crippen molar-refractivity contribution in [2.24, 2.45) is 10.9 Å². The highest BCUT2D eigenvalue weighted by atomic mass is 35.5. The van der Waals surface area contributed by atoms with E-state index in [1.54, 1.807) is 0 Å². The molecule has 0 heterocycles. The van der Waals surface area contributed by atoms with Crippen LogP contribution in [0.25, 0.3) is 0 Å².